The standard InChI is InChI=1S/C16H23N5O/c1-11-8-12(2)21(18-11)9-14-4-3-7-20(14)10-15-17-16(22-19-15)13-5-6-13/h8,13-14H,3-7,9-10H2,1-2H3. The zero-order valence-electron chi connectivity index (χ0n) is 13.3. The van der Waals surface area contributed by atoms with Crippen molar-refractivity contribution in [3.63, 3.8) is 0 Å². The van der Waals surface area contributed by atoms with E-state index in [2.05, 4.69) is 44.7 Å². The van der Waals surface area contributed by atoms with E-state index in [1.54, 1.807) is 0 Å². The Bertz CT molecular complexity index is 657. The van der Waals surface area contributed by atoms with Crippen LogP contribution in [0.4, 0.5) is 0 Å². The maximum Gasteiger partial charge on any atom is 0.229 e. The summed E-state index contributed by atoms with van der Waals surface area (Å²) in [5.74, 6) is 2.21. The first-order valence-corrected chi connectivity index (χ1v) is 8.26. The topological polar surface area (TPSA) is 60.0 Å². The van der Waals surface area contributed by atoms with Gasteiger partial charge in [0.1, 0.15) is 0 Å². The summed E-state index contributed by atoms with van der Waals surface area (Å²) in [4.78, 5) is 7.03. The van der Waals surface area contributed by atoms with E-state index in [1.807, 2.05) is 0 Å². The van der Waals surface area contributed by atoms with Gasteiger partial charge in [-0.2, -0.15) is 10.1 Å². The fourth-order valence-electron chi connectivity index (χ4n) is 3.38. The van der Waals surface area contributed by atoms with Crippen molar-refractivity contribution in [3.8, 4) is 0 Å². The summed E-state index contributed by atoms with van der Waals surface area (Å²) in [6.45, 7) is 7.03. The summed E-state index contributed by atoms with van der Waals surface area (Å²) in [5, 5.41) is 8.74. The molecule has 22 heavy (non-hydrogen) atoms. The summed E-state index contributed by atoms with van der Waals surface area (Å²) in [5.41, 5.74) is 2.33. The van der Waals surface area contributed by atoms with E-state index in [0.717, 1.165) is 37.0 Å². The summed E-state index contributed by atoms with van der Waals surface area (Å²) in [7, 11) is 0. The largest absolute Gasteiger partial charge is 0.339 e. The Morgan fingerprint density at radius 1 is 1.27 bits per heavy atom. The third-order valence-electron chi connectivity index (χ3n) is 4.74. The van der Waals surface area contributed by atoms with Gasteiger partial charge in [0.25, 0.3) is 0 Å². The normalized spacial score (nSPS) is 22.5. The molecule has 3 heterocycles. The van der Waals surface area contributed by atoms with Crippen molar-refractivity contribution in [2.24, 2.45) is 0 Å². The third-order valence-corrected chi connectivity index (χ3v) is 4.74. The molecule has 0 radical (unpaired) electrons. The van der Waals surface area contributed by atoms with Gasteiger partial charge in [-0.1, -0.05) is 5.16 Å². The minimum atomic E-state index is 0.515. The highest BCUT2D eigenvalue weighted by Crippen LogP contribution is 2.38. The summed E-state index contributed by atoms with van der Waals surface area (Å²) in [6, 6.07) is 2.65. The number of hydrogen-bond acceptors (Lipinski definition) is 5. The lowest BCUT2D eigenvalue weighted by Gasteiger charge is -2.23. The van der Waals surface area contributed by atoms with Crippen molar-refractivity contribution in [1.82, 2.24) is 24.8 Å². The Morgan fingerprint density at radius 3 is 2.86 bits per heavy atom. The second-order valence-corrected chi connectivity index (χ2v) is 6.70. The number of hydrogen-bond donors (Lipinski definition) is 0. The smallest absolute Gasteiger partial charge is 0.229 e. The maximum atomic E-state index is 5.37. The van der Waals surface area contributed by atoms with Gasteiger partial charge in [-0.15, -0.1) is 0 Å². The fraction of sp³-hybridized carbons (Fsp3) is 0.688. The van der Waals surface area contributed by atoms with E-state index < -0.39 is 0 Å². The highest BCUT2D eigenvalue weighted by atomic mass is 16.5. The predicted molar refractivity (Wildman–Crippen MR) is 81.4 cm³/mol. The van der Waals surface area contributed by atoms with E-state index in [0.29, 0.717) is 12.0 Å². The lowest BCUT2D eigenvalue weighted by Crippen LogP contribution is -2.33. The first kappa shape index (κ1) is 13.9. The first-order chi connectivity index (χ1) is 10.7. The Hall–Kier alpha value is -1.69. The highest BCUT2D eigenvalue weighted by Gasteiger charge is 2.31. The zero-order valence-corrected chi connectivity index (χ0v) is 13.3. The van der Waals surface area contributed by atoms with E-state index in [9.17, 15) is 0 Å². The lowest BCUT2D eigenvalue weighted by atomic mass is 10.2. The Balaban J connectivity index is 1.42. The SMILES string of the molecule is Cc1cc(C)n(CC2CCCN2Cc2noc(C3CC3)n2)n1. The van der Waals surface area contributed by atoms with Gasteiger partial charge in [0.2, 0.25) is 5.89 Å². The minimum absolute atomic E-state index is 0.515. The minimum Gasteiger partial charge on any atom is -0.339 e. The van der Waals surface area contributed by atoms with E-state index in [1.165, 1.54) is 31.4 Å². The molecule has 1 unspecified atom stereocenters. The lowest BCUT2D eigenvalue weighted by molar-refractivity contribution is 0.210. The first-order valence-electron chi connectivity index (χ1n) is 8.26. The monoisotopic (exact) mass is 301 g/mol. The Morgan fingerprint density at radius 2 is 2.14 bits per heavy atom. The molecular weight excluding hydrogens is 278 g/mol. The fourth-order valence-corrected chi connectivity index (χ4v) is 3.38. The maximum absolute atomic E-state index is 5.37. The molecule has 4 rings (SSSR count). The molecule has 1 aliphatic heterocycles. The van der Waals surface area contributed by atoms with Gasteiger partial charge in [0, 0.05) is 17.7 Å². The van der Waals surface area contributed by atoms with Gasteiger partial charge in [-0.25, -0.2) is 0 Å². The van der Waals surface area contributed by atoms with Crippen molar-refractivity contribution in [1.29, 1.82) is 0 Å². The Kier molecular flexibility index (Phi) is 3.48. The van der Waals surface area contributed by atoms with Crippen LogP contribution in [0.5, 0.6) is 0 Å². The van der Waals surface area contributed by atoms with Crippen molar-refractivity contribution in [2.75, 3.05) is 6.54 Å². The van der Waals surface area contributed by atoms with Crippen LogP contribution in [0, 0.1) is 13.8 Å². The van der Waals surface area contributed by atoms with Crippen molar-refractivity contribution < 1.29 is 4.52 Å². The second-order valence-electron chi connectivity index (χ2n) is 6.70. The molecule has 2 aliphatic rings. The molecule has 2 fully saturated rings. The number of rotatable bonds is 5. The predicted octanol–water partition coefficient (Wildman–Crippen LogP) is 2.42. The van der Waals surface area contributed by atoms with E-state index in [4.69, 9.17) is 4.52 Å². The van der Waals surface area contributed by atoms with Crippen LogP contribution in [0.2, 0.25) is 0 Å². The molecule has 2 aromatic heterocycles. The van der Waals surface area contributed by atoms with Crippen LogP contribution in [0.15, 0.2) is 10.6 Å². The molecule has 6 nitrogen and oxygen atoms in total. The van der Waals surface area contributed by atoms with Gasteiger partial charge in [-0.05, 0) is 52.1 Å². The van der Waals surface area contributed by atoms with Crippen LogP contribution >= 0.6 is 0 Å². The summed E-state index contributed by atoms with van der Waals surface area (Å²) in [6.07, 6.45) is 4.85. The molecule has 118 valence electrons. The second kappa shape index (κ2) is 5.50. The average molecular weight is 301 g/mol. The van der Waals surface area contributed by atoms with E-state index in [-0.39, 0.29) is 0 Å². The quantitative estimate of drug-likeness (QED) is 0.849. The molecule has 0 bridgehead atoms. The highest BCUT2D eigenvalue weighted by molar-refractivity contribution is 5.07. The van der Waals surface area contributed by atoms with Gasteiger partial charge >= 0.3 is 0 Å². The Labute approximate surface area is 130 Å². The van der Waals surface area contributed by atoms with Crippen molar-refractivity contribution in [3.05, 3.63) is 29.2 Å². The molecule has 1 saturated heterocycles. The van der Waals surface area contributed by atoms with Crippen LogP contribution in [-0.2, 0) is 13.1 Å². The summed E-state index contributed by atoms with van der Waals surface area (Å²) < 4.78 is 7.50. The molecule has 0 amide bonds. The molecule has 2 aromatic rings. The van der Waals surface area contributed by atoms with Crippen molar-refractivity contribution in [2.45, 2.75) is 64.6 Å². The molecule has 0 spiro atoms. The molecule has 0 N–H and O–H groups in total. The van der Waals surface area contributed by atoms with Gasteiger partial charge in [-0.3, -0.25) is 9.58 Å². The number of likely N-dealkylation sites (tertiary alicyclic amines) is 1. The molecule has 0 aromatic carbocycles. The van der Waals surface area contributed by atoms with Crippen LogP contribution in [0.3, 0.4) is 0 Å². The molecule has 1 atom stereocenters. The molecule has 6 heteroatoms. The van der Waals surface area contributed by atoms with Gasteiger partial charge in [0.15, 0.2) is 5.82 Å². The van der Waals surface area contributed by atoms with Crippen LogP contribution in [0.25, 0.3) is 0 Å². The number of nitrogens with zero attached hydrogens (tertiary/aromatic N) is 5. The number of aryl methyl sites for hydroxylation is 2. The summed E-state index contributed by atoms with van der Waals surface area (Å²) >= 11 is 0. The molecular formula is C16H23N5O. The van der Waals surface area contributed by atoms with Gasteiger partial charge < -0.3 is 4.52 Å². The molecule has 1 saturated carbocycles. The number of aromatic nitrogens is 4. The zero-order chi connectivity index (χ0) is 15.1. The van der Waals surface area contributed by atoms with Crippen LogP contribution < -0.4 is 0 Å². The third kappa shape index (κ3) is 2.79. The van der Waals surface area contributed by atoms with Crippen LogP contribution in [0.1, 0.15) is 54.7 Å². The van der Waals surface area contributed by atoms with E-state index >= 15 is 0 Å². The van der Waals surface area contributed by atoms with Gasteiger partial charge in [0.05, 0.1) is 18.8 Å². The molecule has 1 aliphatic carbocycles. The average Bonchev–Trinajstić information content (AvgIpc) is 2.93. The van der Waals surface area contributed by atoms with Crippen LogP contribution in [-0.4, -0.2) is 37.4 Å². The van der Waals surface area contributed by atoms with Crippen molar-refractivity contribution >= 4 is 0 Å².